The highest BCUT2D eigenvalue weighted by Gasteiger charge is 2.17. The first-order chi connectivity index (χ1) is 8.58. The lowest BCUT2D eigenvalue weighted by Gasteiger charge is -2.20. The van der Waals surface area contributed by atoms with Crippen LogP contribution in [0.15, 0.2) is 18.2 Å². The van der Waals surface area contributed by atoms with Gasteiger partial charge in [-0.25, -0.2) is 8.78 Å². The van der Waals surface area contributed by atoms with Crippen molar-refractivity contribution in [3.63, 3.8) is 0 Å². The summed E-state index contributed by atoms with van der Waals surface area (Å²) in [6.07, 6.45) is 0.918. The van der Waals surface area contributed by atoms with Crippen LogP contribution in [-0.2, 0) is 11.2 Å². The smallest absolute Gasteiger partial charge is 0.129 e. The number of ether oxygens (including phenoxy) is 1. The first-order valence-corrected chi connectivity index (χ1v) is 5.96. The topological polar surface area (TPSA) is 47.3 Å². The lowest BCUT2D eigenvalue weighted by Crippen LogP contribution is -2.38. The van der Waals surface area contributed by atoms with E-state index in [4.69, 9.17) is 10.6 Å². The summed E-state index contributed by atoms with van der Waals surface area (Å²) >= 11 is 0. The van der Waals surface area contributed by atoms with Gasteiger partial charge in [0.1, 0.15) is 11.6 Å². The van der Waals surface area contributed by atoms with Crippen LogP contribution in [0.25, 0.3) is 0 Å². The number of benzene rings is 1. The molecule has 0 saturated carbocycles. The lowest BCUT2D eigenvalue weighted by atomic mass is 9.96. The van der Waals surface area contributed by atoms with Gasteiger partial charge in [0.25, 0.3) is 0 Å². The van der Waals surface area contributed by atoms with Crippen LogP contribution in [0.5, 0.6) is 0 Å². The molecule has 1 aromatic rings. The van der Waals surface area contributed by atoms with Gasteiger partial charge in [-0.3, -0.25) is 11.3 Å². The minimum Gasteiger partial charge on any atom is -0.384 e. The van der Waals surface area contributed by atoms with Crippen molar-refractivity contribution in [2.45, 2.75) is 25.8 Å². The Morgan fingerprint density at radius 3 is 2.44 bits per heavy atom. The number of halogens is 2. The Hall–Kier alpha value is -1.04. The van der Waals surface area contributed by atoms with Gasteiger partial charge in [0.15, 0.2) is 0 Å². The summed E-state index contributed by atoms with van der Waals surface area (Å²) in [4.78, 5) is 0. The molecule has 0 aliphatic carbocycles. The Labute approximate surface area is 106 Å². The number of hydrogen-bond donors (Lipinski definition) is 2. The second-order valence-corrected chi connectivity index (χ2v) is 4.56. The average Bonchev–Trinajstić information content (AvgIpc) is 2.33. The Morgan fingerprint density at radius 1 is 1.33 bits per heavy atom. The fourth-order valence-corrected chi connectivity index (χ4v) is 2.02. The summed E-state index contributed by atoms with van der Waals surface area (Å²) in [6, 6.07) is 3.68. The van der Waals surface area contributed by atoms with E-state index in [0.717, 1.165) is 0 Å². The average molecular weight is 258 g/mol. The van der Waals surface area contributed by atoms with E-state index in [1.54, 1.807) is 7.11 Å². The van der Waals surface area contributed by atoms with Crippen LogP contribution in [0, 0.1) is 17.6 Å². The number of hydrogen-bond acceptors (Lipinski definition) is 3. The zero-order valence-corrected chi connectivity index (χ0v) is 10.7. The summed E-state index contributed by atoms with van der Waals surface area (Å²) < 4.78 is 32.0. The maximum absolute atomic E-state index is 13.5. The second-order valence-electron chi connectivity index (χ2n) is 4.56. The molecular weight excluding hydrogens is 238 g/mol. The second kappa shape index (κ2) is 7.41. The molecule has 0 fully saturated rings. The third-order valence-corrected chi connectivity index (χ3v) is 2.89. The normalized spacial score (nSPS) is 14.5. The molecule has 0 radical (unpaired) electrons. The van der Waals surface area contributed by atoms with E-state index < -0.39 is 11.6 Å². The van der Waals surface area contributed by atoms with Crippen LogP contribution in [-0.4, -0.2) is 19.8 Å². The van der Waals surface area contributed by atoms with Gasteiger partial charge in [0.2, 0.25) is 0 Å². The standard InChI is InChI=1S/C13H20F2N2O/c1-9(8-18-2)6-10(17-16)7-11-12(14)4-3-5-13(11)15/h3-5,9-10,17H,6-8,16H2,1-2H3. The highest BCUT2D eigenvalue weighted by molar-refractivity contribution is 5.20. The molecule has 0 amide bonds. The van der Waals surface area contributed by atoms with Crippen molar-refractivity contribution in [3.8, 4) is 0 Å². The van der Waals surface area contributed by atoms with Gasteiger partial charge >= 0.3 is 0 Å². The van der Waals surface area contributed by atoms with Crippen LogP contribution in [0.3, 0.4) is 0 Å². The van der Waals surface area contributed by atoms with E-state index >= 15 is 0 Å². The number of hydrazine groups is 1. The van der Waals surface area contributed by atoms with E-state index in [2.05, 4.69) is 5.43 Å². The Kier molecular flexibility index (Phi) is 6.18. The summed E-state index contributed by atoms with van der Waals surface area (Å²) in [7, 11) is 1.62. The zero-order chi connectivity index (χ0) is 13.5. The molecule has 0 aliphatic rings. The van der Waals surface area contributed by atoms with Gasteiger partial charge in [0, 0.05) is 25.3 Å². The molecule has 0 saturated heterocycles. The molecular formula is C13H20F2N2O. The van der Waals surface area contributed by atoms with Crippen molar-refractivity contribution >= 4 is 0 Å². The van der Waals surface area contributed by atoms with Gasteiger partial charge in [-0.1, -0.05) is 13.0 Å². The Balaban J connectivity index is 2.68. The van der Waals surface area contributed by atoms with Crippen LogP contribution in [0.1, 0.15) is 18.9 Å². The maximum atomic E-state index is 13.5. The SMILES string of the molecule is COCC(C)CC(Cc1c(F)cccc1F)NN. The van der Waals surface area contributed by atoms with Gasteiger partial charge in [-0.05, 0) is 30.9 Å². The minimum absolute atomic E-state index is 0.0741. The summed E-state index contributed by atoms with van der Waals surface area (Å²) in [5, 5.41) is 0. The van der Waals surface area contributed by atoms with Gasteiger partial charge < -0.3 is 4.74 Å². The molecule has 5 heteroatoms. The molecule has 0 aliphatic heterocycles. The molecule has 102 valence electrons. The predicted octanol–water partition coefficient (Wildman–Crippen LogP) is 2.01. The third-order valence-electron chi connectivity index (χ3n) is 2.89. The molecule has 3 N–H and O–H groups in total. The summed E-state index contributed by atoms with van der Waals surface area (Å²) in [5.41, 5.74) is 2.68. The highest BCUT2D eigenvalue weighted by Crippen LogP contribution is 2.17. The molecule has 3 nitrogen and oxygen atoms in total. The number of rotatable bonds is 7. The molecule has 0 heterocycles. The fraction of sp³-hybridized carbons (Fsp3) is 0.538. The Bertz CT molecular complexity index is 354. The van der Waals surface area contributed by atoms with Crippen molar-refractivity contribution in [2.24, 2.45) is 11.8 Å². The largest absolute Gasteiger partial charge is 0.384 e. The van der Waals surface area contributed by atoms with Gasteiger partial charge in [-0.15, -0.1) is 0 Å². The molecule has 0 aromatic heterocycles. The fourth-order valence-electron chi connectivity index (χ4n) is 2.02. The lowest BCUT2D eigenvalue weighted by molar-refractivity contribution is 0.149. The highest BCUT2D eigenvalue weighted by atomic mass is 19.1. The molecule has 0 bridgehead atoms. The van der Waals surface area contributed by atoms with E-state index in [1.165, 1.54) is 18.2 Å². The summed E-state index contributed by atoms with van der Waals surface area (Å²) in [6.45, 7) is 2.60. The molecule has 2 atom stereocenters. The van der Waals surface area contributed by atoms with Crippen molar-refractivity contribution < 1.29 is 13.5 Å². The van der Waals surface area contributed by atoms with Crippen molar-refractivity contribution in [3.05, 3.63) is 35.4 Å². The molecule has 1 aromatic carbocycles. The van der Waals surface area contributed by atoms with E-state index in [0.29, 0.717) is 13.0 Å². The first kappa shape index (κ1) is 15.0. The van der Waals surface area contributed by atoms with Crippen LogP contribution < -0.4 is 11.3 Å². The van der Waals surface area contributed by atoms with Gasteiger partial charge in [-0.2, -0.15) is 0 Å². The summed E-state index contributed by atoms with van der Waals surface area (Å²) in [5.74, 6) is 4.63. The molecule has 0 spiro atoms. The molecule has 1 rings (SSSR count). The van der Waals surface area contributed by atoms with Crippen molar-refractivity contribution in [1.82, 2.24) is 5.43 Å². The van der Waals surface area contributed by atoms with E-state index in [9.17, 15) is 8.78 Å². The van der Waals surface area contributed by atoms with Crippen molar-refractivity contribution in [2.75, 3.05) is 13.7 Å². The van der Waals surface area contributed by atoms with Crippen LogP contribution >= 0.6 is 0 Å². The zero-order valence-electron chi connectivity index (χ0n) is 10.7. The first-order valence-electron chi connectivity index (χ1n) is 5.96. The third kappa shape index (κ3) is 4.33. The Morgan fingerprint density at radius 2 is 1.94 bits per heavy atom. The maximum Gasteiger partial charge on any atom is 0.129 e. The number of nitrogens with one attached hydrogen (secondary N) is 1. The number of nitrogens with two attached hydrogens (primary N) is 1. The van der Waals surface area contributed by atoms with E-state index in [1.807, 2.05) is 6.92 Å². The molecule has 2 unspecified atom stereocenters. The number of methoxy groups -OCH3 is 1. The van der Waals surface area contributed by atoms with Crippen LogP contribution in [0.2, 0.25) is 0 Å². The minimum atomic E-state index is -0.533. The van der Waals surface area contributed by atoms with Gasteiger partial charge in [0.05, 0.1) is 0 Å². The van der Waals surface area contributed by atoms with Crippen molar-refractivity contribution in [1.29, 1.82) is 0 Å². The quantitative estimate of drug-likeness (QED) is 0.581. The van der Waals surface area contributed by atoms with Crippen LogP contribution in [0.4, 0.5) is 8.78 Å². The monoisotopic (exact) mass is 258 g/mol. The predicted molar refractivity (Wildman–Crippen MR) is 66.8 cm³/mol. The molecule has 18 heavy (non-hydrogen) atoms. The van der Waals surface area contributed by atoms with E-state index in [-0.39, 0.29) is 23.9 Å².